The smallest absolute Gasteiger partial charge is 0 e. The van der Waals surface area contributed by atoms with Crippen LogP contribution in [0.4, 0.5) is 0 Å². The molecule has 0 aliphatic heterocycles. The third-order valence-electron chi connectivity index (χ3n) is 0. The largest absolute Gasteiger partial charge is 0.0625 e. The van der Waals surface area contributed by atoms with Crippen LogP contribution >= 0.6 is 0 Å². The van der Waals surface area contributed by atoms with E-state index in [-0.39, 0.29) is 17.1 Å². The number of rotatable bonds is 0. The second kappa shape index (κ2) is 9.68. The monoisotopic (exact) mass is 99.0 g/mol. The van der Waals surface area contributed by atoms with Gasteiger partial charge in [-0.05, 0) is 6.42 Å². The third kappa shape index (κ3) is 21.6. The summed E-state index contributed by atoms with van der Waals surface area (Å²) in [4.78, 5) is 0. The van der Waals surface area contributed by atoms with Crippen molar-refractivity contribution >= 4 is 0 Å². The van der Waals surface area contributed by atoms with E-state index in [0.29, 0.717) is 0 Å². The standard InChI is InChI=1S/C3H7.Fe/c1-3-2;/h3H,1-2H3;. The van der Waals surface area contributed by atoms with Gasteiger partial charge in [0.25, 0.3) is 0 Å². The summed E-state index contributed by atoms with van der Waals surface area (Å²) in [5.41, 5.74) is 0. The minimum atomic E-state index is 0. The second-order valence-electron chi connectivity index (χ2n) is 0.577. The quantitative estimate of drug-likeness (QED) is 0.400. The molecule has 0 aliphatic rings. The van der Waals surface area contributed by atoms with Crippen molar-refractivity contribution in [1.29, 1.82) is 0 Å². The molecule has 1 radical (unpaired) electrons. The molecule has 0 unspecified atom stereocenters. The van der Waals surface area contributed by atoms with Gasteiger partial charge in [-0.15, -0.1) is 0 Å². The fraction of sp³-hybridized carbons (Fsp3) is 0.667. The molecule has 0 saturated heterocycles. The molecule has 0 aliphatic carbocycles. The van der Waals surface area contributed by atoms with Gasteiger partial charge in [0.2, 0.25) is 0 Å². The minimum Gasteiger partial charge on any atom is -0.0625 e. The fourth-order valence-corrected chi connectivity index (χ4v) is 0. The molecule has 0 saturated carbocycles. The van der Waals surface area contributed by atoms with E-state index in [4.69, 9.17) is 0 Å². The Morgan fingerprint density at radius 3 is 1.25 bits per heavy atom. The molecule has 0 atom stereocenters. The van der Waals surface area contributed by atoms with Crippen LogP contribution in [0.3, 0.4) is 0 Å². The zero-order valence-electron chi connectivity index (χ0n) is 2.93. The van der Waals surface area contributed by atoms with Crippen molar-refractivity contribution in [1.82, 2.24) is 0 Å². The van der Waals surface area contributed by atoms with Gasteiger partial charge >= 0.3 is 0 Å². The molecule has 0 aromatic carbocycles. The van der Waals surface area contributed by atoms with Crippen LogP contribution in [-0.2, 0) is 17.1 Å². The van der Waals surface area contributed by atoms with Crippen LogP contribution in [0.25, 0.3) is 0 Å². The van der Waals surface area contributed by atoms with Crippen molar-refractivity contribution in [3.05, 3.63) is 6.42 Å². The van der Waals surface area contributed by atoms with Gasteiger partial charge in [0, 0.05) is 17.1 Å². The van der Waals surface area contributed by atoms with Gasteiger partial charge in [-0.2, -0.15) is 0 Å². The molecule has 0 spiro atoms. The van der Waals surface area contributed by atoms with Crippen molar-refractivity contribution in [2.24, 2.45) is 0 Å². The van der Waals surface area contributed by atoms with Crippen LogP contribution in [0.1, 0.15) is 13.8 Å². The Bertz CT molecular complexity index is 3.25. The summed E-state index contributed by atoms with van der Waals surface area (Å²) < 4.78 is 0. The van der Waals surface area contributed by atoms with Gasteiger partial charge in [0.15, 0.2) is 0 Å². The summed E-state index contributed by atoms with van der Waals surface area (Å²) in [5, 5.41) is 0. The molecule has 1 heteroatoms. The first kappa shape index (κ1) is 8.82. The van der Waals surface area contributed by atoms with E-state index in [1.165, 1.54) is 0 Å². The maximum Gasteiger partial charge on any atom is 0 e. The van der Waals surface area contributed by atoms with E-state index in [9.17, 15) is 0 Å². The molecular formula is C3H7Fe. The summed E-state index contributed by atoms with van der Waals surface area (Å²) in [7, 11) is 0. The minimum absolute atomic E-state index is 0. The van der Waals surface area contributed by atoms with E-state index < -0.39 is 0 Å². The molecular weight excluding hydrogens is 91.9 g/mol. The van der Waals surface area contributed by atoms with E-state index in [2.05, 4.69) is 0 Å². The summed E-state index contributed by atoms with van der Waals surface area (Å²) in [6.07, 6.45) is 2.00. The van der Waals surface area contributed by atoms with E-state index in [0.717, 1.165) is 0 Å². The van der Waals surface area contributed by atoms with Crippen molar-refractivity contribution < 1.29 is 17.1 Å². The van der Waals surface area contributed by atoms with Crippen molar-refractivity contribution in [2.75, 3.05) is 0 Å². The molecule has 0 N–H and O–H groups in total. The Balaban J connectivity index is 0. The molecule has 0 bridgehead atoms. The van der Waals surface area contributed by atoms with E-state index in [1.807, 2.05) is 20.3 Å². The van der Waals surface area contributed by atoms with Gasteiger partial charge in [-0.3, -0.25) is 0 Å². The van der Waals surface area contributed by atoms with Crippen molar-refractivity contribution in [3.8, 4) is 0 Å². The van der Waals surface area contributed by atoms with Gasteiger partial charge in [0.05, 0.1) is 0 Å². The van der Waals surface area contributed by atoms with Crippen LogP contribution in [0, 0.1) is 6.42 Å². The maximum absolute atomic E-state index is 2.00. The van der Waals surface area contributed by atoms with Gasteiger partial charge in [-0.25, -0.2) is 0 Å². The Labute approximate surface area is 38.1 Å². The number of hydrogen-bond acceptors (Lipinski definition) is 0. The topological polar surface area (TPSA) is 0 Å². The zero-order chi connectivity index (χ0) is 2.71. The van der Waals surface area contributed by atoms with Crippen LogP contribution in [-0.4, -0.2) is 0 Å². The molecule has 0 heterocycles. The summed E-state index contributed by atoms with van der Waals surface area (Å²) in [5.74, 6) is 0. The molecule has 0 amide bonds. The Morgan fingerprint density at radius 1 is 1.25 bits per heavy atom. The van der Waals surface area contributed by atoms with E-state index in [1.54, 1.807) is 0 Å². The van der Waals surface area contributed by atoms with Crippen LogP contribution in [0.2, 0.25) is 0 Å². The average Bonchev–Trinajstić information content (AvgIpc) is 0.918. The first-order valence-corrected chi connectivity index (χ1v) is 1.15. The fourth-order valence-electron chi connectivity index (χ4n) is 0. The summed E-state index contributed by atoms with van der Waals surface area (Å²) in [6.45, 7) is 4.00. The van der Waals surface area contributed by atoms with E-state index >= 15 is 0 Å². The van der Waals surface area contributed by atoms with Crippen molar-refractivity contribution in [3.63, 3.8) is 0 Å². The Kier molecular flexibility index (Phi) is 21.3. The number of hydrogen-bond donors (Lipinski definition) is 0. The molecule has 0 aromatic rings. The molecule has 0 aromatic heterocycles. The SMILES string of the molecule is C[CH]C.[Fe]. The van der Waals surface area contributed by atoms with Gasteiger partial charge in [-0.1, -0.05) is 13.8 Å². The molecule has 0 fully saturated rings. The predicted octanol–water partition coefficient (Wildman–Crippen LogP) is 1.23. The first-order valence-electron chi connectivity index (χ1n) is 1.15. The summed E-state index contributed by atoms with van der Waals surface area (Å²) in [6, 6.07) is 0. The van der Waals surface area contributed by atoms with Crippen LogP contribution in [0.5, 0.6) is 0 Å². The first-order chi connectivity index (χ1) is 1.41. The van der Waals surface area contributed by atoms with Crippen molar-refractivity contribution in [2.45, 2.75) is 13.8 Å². The predicted molar refractivity (Wildman–Crippen MR) is 15.6 cm³/mol. The average molecular weight is 98.9 g/mol. The molecule has 4 heavy (non-hydrogen) atoms. The summed E-state index contributed by atoms with van der Waals surface area (Å²) >= 11 is 0. The van der Waals surface area contributed by atoms with Gasteiger partial charge in [0.1, 0.15) is 0 Å². The Morgan fingerprint density at radius 2 is 1.25 bits per heavy atom. The third-order valence-corrected chi connectivity index (χ3v) is 0. The normalized spacial score (nSPS) is 4.50. The zero-order valence-corrected chi connectivity index (χ0v) is 4.04. The Hall–Kier alpha value is 0.519. The molecule has 0 rings (SSSR count). The second-order valence-corrected chi connectivity index (χ2v) is 0.577. The molecule has 0 nitrogen and oxygen atoms in total. The van der Waals surface area contributed by atoms with Crippen LogP contribution < -0.4 is 0 Å². The maximum atomic E-state index is 2.00. The van der Waals surface area contributed by atoms with Gasteiger partial charge < -0.3 is 0 Å². The van der Waals surface area contributed by atoms with Crippen LogP contribution in [0.15, 0.2) is 0 Å². The molecule has 27 valence electrons.